The second-order valence-corrected chi connectivity index (χ2v) is 7.93. The molecule has 0 aromatic heterocycles. The third-order valence-corrected chi connectivity index (χ3v) is 5.75. The Balaban J connectivity index is 2.52. The second kappa shape index (κ2) is 4.01. The highest BCUT2D eigenvalue weighted by molar-refractivity contribution is 7.93. The van der Waals surface area contributed by atoms with Crippen LogP contribution in [0.2, 0.25) is 0 Å². The van der Waals surface area contributed by atoms with Crippen molar-refractivity contribution in [2.24, 2.45) is 5.41 Å². The van der Waals surface area contributed by atoms with Crippen molar-refractivity contribution in [1.29, 1.82) is 5.26 Å². The number of benzene rings is 1. The van der Waals surface area contributed by atoms with E-state index in [0.29, 0.717) is 6.07 Å². The van der Waals surface area contributed by atoms with Gasteiger partial charge in [0.2, 0.25) is 0 Å². The van der Waals surface area contributed by atoms with Crippen LogP contribution in [-0.2, 0) is 9.84 Å². The van der Waals surface area contributed by atoms with Gasteiger partial charge in [0.15, 0.2) is 14.6 Å². The average molecular weight is 285 g/mol. The molecule has 0 N–H and O–H groups in total. The molecule has 0 radical (unpaired) electrons. The lowest BCUT2D eigenvalue weighted by molar-refractivity contribution is 0.153. The molecule has 1 aromatic rings. The maximum Gasteiger partial charge on any atom is 0.200 e. The highest BCUT2D eigenvalue weighted by Gasteiger charge is 2.59. The van der Waals surface area contributed by atoms with Gasteiger partial charge in [-0.15, -0.1) is 0 Å². The van der Waals surface area contributed by atoms with Crippen LogP contribution in [0.3, 0.4) is 0 Å². The largest absolute Gasteiger partial charge is 0.222 e. The number of rotatable bonds is 2. The maximum absolute atomic E-state index is 13.6. The second-order valence-electron chi connectivity index (χ2n) is 5.70. The van der Waals surface area contributed by atoms with Gasteiger partial charge in [0.25, 0.3) is 0 Å². The number of hydrogen-bond acceptors (Lipinski definition) is 3. The van der Waals surface area contributed by atoms with Crippen molar-refractivity contribution in [3.63, 3.8) is 0 Å². The standard InChI is InChI=1S/C13H13F2NO2S/c1-12(2)6-13(7-12,8-16)19(17,18)11-4-3-9(14)5-10(11)15/h3-5H,6-7H2,1-2H3. The Morgan fingerprint density at radius 2 is 1.84 bits per heavy atom. The van der Waals surface area contributed by atoms with Crippen molar-refractivity contribution >= 4 is 9.84 Å². The molecule has 1 aliphatic rings. The molecule has 0 atom stereocenters. The highest BCUT2D eigenvalue weighted by Crippen LogP contribution is 2.53. The van der Waals surface area contributed by atoms with Gasteiger partial charge in [-0.05, 0) is 30.4 Å². The fourth-order valence-electron chi connectivity index (χ4n) is 2.73. The Bertz CT molecular complexity index is 666. The summed E-state index contributed by atoms with van der Waals surface area (Å²) in [5.41, 5.74) is -0.265. The van der Waals surface area contributed by atoms with Gasteiger partial charge in [0.1, 0.15) is 16.5 Å². The van der Waals surface area contributed by atoms with Crippen molar-refractivity contribution in [2.75, 3.05) is 0 Å². The van der Waals surface area contributed by atoms with Gasteiger partial charge in [-0.3, -0.25) is 0 Å². The molecule has 1 saturated carbocycles. The molecule has 1 aromatic carbocycles. The Morgan fingerprint density at radius 3 is 2.26 bits per heavy atom. The lowest BCUT2D eigenvalue weighted by Crippen LogP contribution is -2.53. The topological polar surface area (TPSA) is 57.9 Å². The summed E-state index contributed by atoms with van der Waals surface area (Å²) in [4.78, 5) is -0.606. The molecule has 0 unspecified atom stereocenters. The Morgan fingerprint density at radius 1 is 1.26 bits per heavy atom. The molecule has 0 bridgehead atoms. The van der Waals surface area contributed by atoms with Crippen LogP contribution in [0, 0.1) is 28.4 Å². The molecule has 1 fully saturated rings. The van der Waals surface area contributed by atoms with Crippen LogP contribution in [0.25, 0.3) is 0 Å². The molecule has 1 aliphatic carbocycles. The summed E-state index contributed by atoms with van der Waals surface area (Å²) in [5, 5.41) is 9.19. The molecule has 0 heterocycles. The molecule has 0 spiro atoms. The average Bonchev–Trinajstić information content (AvgIpc) is 2.24. The van der Waals surface area contributed by atoms with Crippen LogP contribution in [0.5, 0.6) is 0 Å². The van der Waals surface area contributed by atoms with E-state index in [2.05, 4.69) is 0 Å². The van der Waals surface area contributed by atoms with E-state index in [1.54, 1.807) is 6.07 Å². The van der Waals surface area contributed by atoms with E-state index in [-0.39, 0.29) is 18.3 Å². The first-order chi connectivity index (χ1) is 8.63. The van der Waals surface area contributed by atoms with Crippen molar-refractivity contribution in [3.8, 4) is 6.07 Å². The Labute approximate surface area is 110 Å². The van der Waals surface area contributed by atoms with Gasteiger partial charge in [0.05, 0.1) is 6.07 Å². The van der Waals surface area contributed by atoms with Crippen molar-refractivity contribution in [1.82, 2.24) is 0 Å². The molecular weight excluding hydrogens is 272 g/mol. The van der Waals surface area contributed by atoms with Crippen LogP contribution in [-0.4, -0.2) is 13.2 Å². The van der Waals surface area contributed by atoms with Crippen LogP contribution in [0.15, 0.2) is 23.1 Å². The van der Waals surface area contributed by atoms with Crippen molar-refractivity contribution < 1.29 is 17.2 Å². The number of hydrogen-bond donors (Lipinski definition) is 0. The summed E-state index contributed by atoms with van der Waals surface area (Å²) in [6.45, 7) is 3.69. The van der Waals surface area contributed by atoms with Gasteiger partial charge in [-0.25, -0.2) is 17.2 Å². The maximum atomic E-state index is 13.6. The third kappa shape index (κ3) is 2.02. The zero-order chi connectivity index (χ0) is 14.5. The fourth-order valence-corrected chi connectivity index (χ4v) is 4.99. The molecule has 19 heavy (non-hydrogen) atoms. The number of nitrogens with zero attached hydrogens (tertiary/aromatic N) is 1. The Kier molecular flexibility index (Phi) is 2.94. The summed E-state index contributed by atoms with van der Waals surface area (Å²) >= 11 is 0. The summed E-state index contributed by atoms with van der Waals surface area (Å²) in [6, 6.07) is 4.08. The summed E-state index contributed by atoms with van der Waals surface area (Å²) in [7, 11) is -4.14. The first-order valence-electron chi connectivity index (χ1n) is 5.75. The molecule has 0 saturated heterocycles. The molecule has 6 heteroatoms. The van der Waals surface area contributed by atoms with Gasteiger partial charge >= 0.3 is 0 Å². The minimum atomic E-state index is -4.14. The summed E-state index contributed by atoms with van der Waals surface area (Å²) in [5.74, 6) is -2.00. The molecule has 102 valence electrons. The SMILES string of the molecule is CC1(C)CC(C#N)(S(=O)(=O)c2ccc(F)cc2F)C1. The summed E-state index contributed by atoms with van der Waals surface area (Å²) in [6.07, 6.45) is 0.297. The number of nitriles is 1. The van der Waals surface area contributed by atoms with Crippen molar-refractivity contribution in [2.45, 2.75) is 36.3 Å². The fraction of sp³-hybridized carbons (Fsp3) is 0.462. The first kappa shape index (κ1) is 13.9. The predicted molar refractivity (Wildman–Crippen MR) is 64.9 cm³/mol. The quantitative estimate of drug-likeness (QED) is 0.785. The summed E-state index contributed by atoms with van der Waals surface area (Å²) < 4.78 is 49.7. The van der Waals surface area contributed by atoms with Crippen LogP contribution in [0.4, 0.5) is 8.78 Å². The molecule has 0 amide bonds. The third-order valence-electron chi connectivity index (χ3n) is 3.43. The number of halogens is 2. The monoisotopic (exact) mass is 285 g/mol. The normalized spacial score (nSPS) is 20.4. The van der Waals surface area contributed by atoms with E-state index in [1.165, 1.54) is 0 Å². The minimum absolute atomic E-state index is 0.148. The first-order valence-corrected chi connectivity index (χ1v) is 7.23. The van der Waals surface area contributed by atoms with E-state index >= 15 is 0 Å². The zero-order valence-electron chi connectivity index (χ0n) is 10.6. The zero-order valence-corrected chi connectivity index (χ0v) is 11.4. The predicted octanol–water partition coefficient (Wildman–Crippen LogP) is 2.82. The smallest absolute Gasteiger partial charge is 0.200 e. The lowest BCUT2D eigenvalue weighted by Gasteiger charge is -2.47. The van der Waals surface area contributed by atoms with Crippen molar-refractivity contribution in [3.05, 3.63) is 29.8 Å². The van der Waals surface area contributed by atoms with E-state index in [9.17, 15) is 22.5 Å². The molecular formula is C13H13F2NO2S. The van der Waals surface area contributed by atoms with Crippen LogP contribution >= 0.6 is 0 Å². The lowest BCUT2D eigenvalue weighted by atomic mass is 9.64. The van der Waals surface area contributed by atoms with E-state index in [4.69, 9.17) is 0 Å². The molecule has 0 aliphatic heterocycles. The van der Waals surface area contributed by atoms with E-state index < -0.39 is 31.1 Å². The van der Waals surface area contributed by atoms with Gasteiger partial charge in [0, 0.05) is 6.07 Å². The van der Waals surface area contributed by atoms with E-state index in [1.807, 2.05) is 13.8 Å². The van der Waals surface area contributed by atoms with Crippen LogP contribution < -0.4 is 0 Å². The molecule has 2 rings (SSSR count). The van der Waals surface area contributed by atoms with Gasteiger partial charge in [-0.1, -0.05) is 13.8 Å². The van der Waals surface area contributed by atoms with Gasteiger partial charge in [-0.2, -0.15) is 5.26 Å². The Hall–Kier alpha value is -1.48. The highest BCUT2D eigenvalue weighted by atomic mass is 32.2. The van der Waals surface area contributed by atoms with E-state index in [0.717, 1.165) is 12.1 Å². The minimum Gasteiger partial charge on any atom is -0.222 e. The number of sulfone groups is 1. The molecule has 3 nitrogen and oxygen atoms in total. The van der Waals surface area contributed by atoms with Gasteiger partial charge < -0.3 is 0 Å². The van der Waals surface area contributed by atoms with Crippen LogP contribution in [0.1, 0.15) is 26.7 Å².